The van der Waals surface area contributed by atoms with Crippen LogP contribution in [-0.2, 0) is 4.79 Å². The monoisotopic (exact) mass is 458 g/mol. The van der Waals surface area contributed by atoms with Crippen LogP contribution >= 0.6 is 0 Å². The smallest absolute Gasteiger partial charge is 0.475 e. The summed E-state index contributed by atoms with van der Waals surface area (Å²) in [5.41, 5.74) is 1.15. The number of hydrogen-bond acceptors (Lipinski definition) is 4. The van der Waals surface area contributed by atoms with Gasteiger partial charge in [-0.05, 0) is 64.8 Å². The minimum atomic E-state index is -5.08. The Kier molecular flexibility index (Phi) is 7.33. The van der Waals surface area contributed by atoms with E-state index in [0.29, 0.717) is 11.3 Å². The Hall–Kier alpha value is -2.95. The van der Waals surface area contributed by atoms with Crippen molar-refractivity contribution in [3.63, 3.8) is 0 Å². The lowest BCUT2D eigenvalue weighted by Gasteiger charge is -2.46. The number of carbonyl (C=O) groups is 2. The van der Waals surface area contributed by atoms with Crippen LogP contribution in [0.15, 0.2) is 36.7 Å². The Morgan fingerprint density at radius 2 is 1.62 bits per heavy atom. The normalized spacial score (nSPS) is 17.8. The van der Waals surface area contributed by atoms with E-state index in [4.69, 9.17) is 9.90 Å². The summed E-state index contributed by atoms with van der Waals surface area (Å²) in [5, 5.41) is 18.1. The molecule has 0 atom stereocenters. The SMILES string of the molecule is CC1(C)CC(NC(=O)c2cnn(-c3ccc(F)cc3)c2)CC(C)(C)N1.O=C(O)C(F)(F)F. The molecule has 0 saturated carbocycles. The van der Waals surface area contributed by atoms with E-state index < -0.39 is 12.1 Å². The minimum absolute atomic E-state index is 0.0298. The van der Waals surface area contributed by atoms with E-state index in [1.54, 1.807) is 23.0 Å². The number of halogens is 4. The van der Waals surface area contributed by atoms with Crippen molar-refractivity contribution < 1.29 is 32.3 Å². The van der Waals surface area contributed by atoms with Crippen LogP contribution in [-0.4, -0.2) is 50.1 Å². The van der Waals surface area contributed by atoms with Crippen molar-refractivity contribution >= 4 is 11.9 Å². The number of alkyl halides is 3. The van der Waals surface area contributed by atoms with Gasteiger partial charge in [-0.3, -0.25) is 4.79 Å². The zero-order valence-electron chi connectivity index (χ0n) is 18.1. The van der Waals surface area contributed by atoms with Crippen LogP contribution in [0.25, 0.3) is 5.69 Å². The van der Waals surface area contributed by atoms with E-state index in [1.807, 2.05) is 0 Å². The summed E-state index contributed by atoms with van der Waals surface area (Å²) in [6, 6.07) is 6.10. The first-order chi connectivity index (χ1) is 14.6. The van der Waals surface area contributed by atoms with Gasteiger partial charge < -0.3 is 15.7 Å². The third kappa shape index (κ3) is 7.33. The number of amides is 1. The molecule has 1 aliphatic rings. The predicted octanol–water partition coefficient (Wildman–Crippen LogP) is 3.68. The number of carboxylic acids is 1. The first-order valence-corrected chi connectivity index (χ1v) is 9.79. The number of piperidine rings is 1. The number of nitrogens with zero attached hydrogens (tertiary/aromatic N) is 2. The number of benzene rings is 1. The molecule has 1 aromatic heterocycles. The number of carboxylic acid groups (broad SMARTS) is 1. The molecule has 2 heterocycles. The average molecular weight is 458 g/mol. The molecule has 11 heteroatoms. The molecule has 0 spiro atoms. The van der Waals surface area contributed by atoms with E-state index in [2.05, 4.69) is 43.4 Å². The van der Waals surface area contributed by atoms with Gasteiger partial charge in [-0.25, -0.2) is 13.9 Å². The highest BCUT2D eigenvalue weighted by molar-refractivity contribution is 5.94. The molecule has 0 unspecified atom stereocenters. The zero-order valence-corrected chi connectivity index (χ0v) is 18.1. The average Bonchev–Trinajstić information content (AvgIpc) is 3.09. The molecule has 3 N–H and O–H groups in total. The van der Waals surface area contributed by atoms with E-state index in [9.17, 15) is 22.4 Å². The summed E-state index contributed by atoms with van der Waals surface area (Å²) >= 11 is 0. The van der Waals surface area contributed by atoms with Gasteiger partial charge >= 0.3 is 12.1 Å². The fourth-order valence-electron chi connectivity index (χ4n) is 3.87. The molecule has 3 rings (SSSR count). The van der Waals surface area contributed by atoms with E-state index >= 15 is 0 Å². The highest BCUT2D eigenvalue weighted by Gasteiger charge is 2.39. The second-order valence-electron chi connectivity index (χ2n) is 8.92. The number of nitrogens with one attached hydrogen (secondary N) is 2. The Bertz CT molecular complexity index is 937. The van der Waals surface area contributed by atoms with Crippen LogP contribution in [0.3, 0.4) is 0 Å². The first-order valence-electron chi connectivity index (χ1n) is 9.79. The molecule has 0 aliphatic carbocycles. The summed E-state index contributed by atoms with van der Waals surface area (Å²) < 4.78 is 46.3. The molecule has 7 nitrogen and oxygen atoms in total. The van der Waals surface area contributed by atoms with E-state index in [-0.39, 0.29) is 28.8 Å². The van der Waals surface area contributed by atoms with Crippen molar-refractivity contribution in [3.05, 3.63) is 48.0 Å². The van der Waals surface area contributed by atoms with Crippen LogP contribution in [0.1, 0.15) is 50.9 Å². The molecule has 1 amide bonds. The van der Waals surface area contributed by atoms with E-state index in [0.717, 1.165) is 12.8 Å². The summed E-state index contributed by atoms with van der Waals surface area (Å²) in [5.74, 6) is -3.19. The third-order valence-electron chi connectivity index (χ3n) is 4.70. The Labute approximate surface area is 182 Å². The molecule has 2 aromatic rings. The molecule has 1 aromatic carbocycles. The second-order valence-corrected chi connectivity index (χ2v) is 8.92. The maximum atomic E-state index is 13.0. The summed E-state index contributed by atoms with van der Waals surface area (Å²) in [7, 11) is 0. The van der Waals surface area contributed by atoms with Gasteiger partial charge in [0.05, 0.1) is 17.4 Å². The topological polar surface area (TPSA) is 96.3 Å². The van der Waals surface area contributed by atoms with Crippen molar-refractivity contribution in [1.29, 1.82) is 0 Å². The largest absolute Gasteiger partial charge is 0.490 e. The minimum Gasteiger partial charge on any atom is -0.475 e. The van der Waals surface area contributed by atoms with Crippen molar-refractivity contribution in [2.45, 2.75) is 63.8 Å². The maximum absolute atomic E-state index is 13.0. The van der Waals surface area contributed by atoms with Gasteiger partial charge in [0.25, 0.3) is 5.91 Å². The van der Waals surface area contributed by atoms with Gasteiger partial charge in [0, 0.05) is 23.3 Å². The zero-order chi connectivity index (χ0) is 24.3. The molecular weight excluding hydrogens is 432 g/mol. The number of aromatic nitrogens is 2. The number of aliphatic carboxylic acids is 1. The molecule has 1 fully saturated rings. The van der Waals surface area contributed by atoms with Crippen molar-refractivity contribution in [2.75, 3.05) is 0 Å². The number of carbonyl (C=O) groups excluding carboxylic acids is 1. The first kappa shape index (κ1) is 25.3. The molecule has 176 valence electrons. The summed E-state index contributed by atoms with van der Waals surface area (Å²) in [6.45, 7) is 8.61. The molecule has 0 bridgehead atoms. The fourth-order valence-corrected chi connectivity index (χ4v) is 3.87. The predicted molar refractivity (Wildman–Crippen MR) is 109 cm³/mol. The molecule has 1 aliphatic heterocycles. The highest BCUT2D eigenvalue weighted by atomic mass is 19.4. The molecule has 1 saturated heterocycles. The standard InChI is InChI=1S/C19H25FN4O.C2HF3O2/c1-18(2)9-15(10-19(3,4)23-18)22-17(25)13-11-21-24(12-13)16-7-5-14(20)6-8-16;3-2(4,5)1(6)7/h5-8,11-12,15,23H,9-10H2,1-4H3,(H,22,25);(H,6,7). The fraction of sp³-hybridized carbons (Fsp3) is 0.476. The lowest BCUT2D eigenvalue weighted by Crippen LogP contribution is -2.62. The number of rotatable bonds is 3. The molecule has 0 radical (unpaired) electrons. The van der Waals surface area contributed by atoms with Crippen LogP contribution in [0.5, 0.6) is 0 Å². The molecule has 32 heavy (non-hydrogen) atoms. The van der Waals surface area contributed by atoms with Gasteiger partial charge in [0.2, 0.25) is 0 Å². The van der Waals surface area contributed by atoms with Crippen LogP contribution in [0.2, 0.25) is 0 Å². The van der Waals surface area contributed by atoms with Gasteiger partial charge in [-0.15, -0.1) is 0 Å². The van der Waals surface area contributed by atoms with Gasteiger partial charge in [-0.1, -0.05) is 0 Å². The van der Waals surface area contributed by atoms with E-state index in [1.165, 1.54) is 18.3 Å². The van der Waals surface area contributed by atoms with Crippen LogP contribution in [0, 0.1) is 5.82 Å². The summed E-state index contributed by atoms with van der Waals surface area (Å²) in [4.78, 5) is 21.5. The Balaban J connectivity index is 0.000000451. The highest BCUT2D eigenvalue weighted by Crippen LogP contribution is 2.28. The Morgan fingerprint density at radius 1 is 1.12 bits per heavy atom. The Morgan fingerprint density at radius 3 is 2.09 bits per heavy atom. The third-order valence-corrected chi connectivity index (χ3v) is 4.70. The van der Waals surface area contributed by atoms with Crippen molar-refractivity contribution in [2.24, 2.45) is 0 Å². The van der Waals surface area contributed by atoms with Gasteiger partial charge in [0.15, 0.2) is 0 Å². The van der Waals surface area contributed by atoms with Crippen molar-refractivity contribution in [1.82, 2.24) is 20.4 Å². The summed E-state index contributed by atoms with van der Waals surface area (Å²) in [6.07, 6.45) is -0.140. The van der Waals surface area contributed by atoms with Gasteiger partial charge in [-0.2, -0.15) is 18.3 Å². The number of hydrogen-bond donors (Lipinski definition) is 3. The second kappa shape index (κ2) is 9.27. The maximum Gasteiger partial charge on any atom is 0.490 e. The lowest BCUT2D eigenvalue weighted by atomic mass is 9.79. The lowest BCUT2D eigenvalue weighted by molar-refractivity contribution is -0.192. The van der Waals surface area contributed by atoms with Gasteiger partial charge in [0.1, 0.15) is 5.82 Å². The van der Waals surface area contributed by atoms with Crippen LogP contribution in [0.4, 0.5) is 17.6 Å². The molecular formula is C21H26F4N4O3. The quantitative estimate of drug-likeness (QED) is 0.610. The van der Waals surface area contributed by atoms with Crippen molar-refractivity contribution in [3.8, 4) is 5.69 Å². The van der Waals surface area contributed by atoms with Crippen LogP contribution < -0.4 is 10.6 Å².